The van der Waals surface area contributed by atoms with E-state index in [0.29, 0.717) is 19.5 Å². The van der Waals surface area contributed by atoms with Gasteiger partial charge in [0.25, 0.3) is 0 Å². The summed E-state index contributed by atoms with van der Waals surface area (Å²) in [5.41, 5.74) is 4.95. The second-order valence-electron chi connectivity index (χ2n) is 8.52. The van der Waals surface area contributed by atoms with Crippen LogP contribution >= 0.6 is 0 Å². The molecule has 2 aliphatic rings. The van der Waals surface area contributed by atoms with Crippen LogP contribution in [0.2, 0.25) is 0 Å². The number of hydrogen-bond acceptors (Lipinski definition) is 5. The van der Waals surface area contributed by atoms with Gasteiger partial charge in [0.2, 0.25) is 5.91 Å². The van der Waals surface area contributed by atoms with Crippen molar-refractivity contribution in [3.63, 3.8) is 0 Å². The van der Waals surface area contributed by atoms with Crippen molar-refractivity contribution in [1.29, 1.82) is 0 Å². The summed E-state index contributed by atoms with van der Waals surface area (Å²) in [5.74, 6) is 1.83. The number of nitrogens with one attached hydrogen (secondary N) is 1. The Morgan fingerprint density at radius 1 is 1.23 bits per heavy atom. The van der Waals surface area contributed by atoms with Gasteiger partial charge in [-0.25, -0.2) is 0 Å². The van der Waals surface area contributed by atoms with E-state index in [1.165, 1.54) is 11.3 Å². The van der Waals surface area contributed by atoms with Crippen LogP contribution in [0.5, 0.6) is 11.5 Å². The molecule has 6 heteroatoms. The fourth-order valence-corrected chi connectivity index (χ4v) is 4.39. The topological polar surface area (TPSA) is 54.0 Å². The summed E-state index contributed by atoms with van der Waals surface area (Å²) >= 11 is 0. The number of methoxy groups -OCH3 is 1. The largest absolute Gasteiger partial charge is 0.497 e. The van der Waals surface area contributed by atoms with Gasteiger partial charge in [0.15, 0.2) is 0 Å². The molecule has 0 saturated carbocycles. The van der Waals surface area contributed by atoms with E-state index >= 15 is 0 Å². The molecule has 6 nitrogen and oxygen atoms in total. The Labute approximate surface area is 185 Å². The second-order valence-corrected chi connectivity index (χ2v) is 8.52. The maximum atomic E-state index is 12.5. The fourth-order valence-electron chi connectivity index (χ4n) is 4.39. The Hall–Kier alpha value is -2.73. The highest BCUT2D eigenvalue weighted by molar-refractivity contribution is 5.76. The van der Waals surface area contributed by atoms with Crippen LogP contribution in [0.25, 0.3) is 0 Å². The third kappa shape index (κ3) is 5.13. The average molecular weight is 424 g/mol. The van der Waals surface area contributed by atoms with Gasteiger partial charge in [0.05, 0.1) is 7.11 Å². The number of anilines is 1. The second kappa shape index (κ2) is 9.60. The van der Waals surface area contributed by atoms with Gasteiger partial charge in [-0.2, -0.15) is 0 Å². The summed E-state index contributed by atoms with van der Waals surface area (Å²) < 4.78 is 11.6. The average Bonchev–Trinajstić information content (AvgIpc) is 3.05. The SMILES string of the molecule is CCC1CN(CCC(=O)NCc2ccc3c(c2)CCN3C)Cc2cc(OC)ccc2O1. The first kappa shape index (κ1) is 21.5. The lowest BCUT2D eigenvalue weighted by molar-refractivity contribution is -0.121. The molecule has 0 spiro atoms. The van der Waals surface area contributed by atoms with E-state index in [-0.39, 0.29) is 12.0 Å². The Morgan fingerprint density at radius 2 is 2.10 bits per heavy atom. The molecule has 2 aromatic rings. The summed E-state index contributed by atoms with van der Waals surface area (Å²) in [6.45, 7) is 6.07. The van der Waals surface area contributed by atoms with Crippen LogP contribution in [0.3, 0.4) is 0 Å². The first-order chi connectivity index (χ1) is 15.1. The number of amides is 1. The molecule has 0 aliphatic carbocycles. The summed E-state index contributed by atoms with van der Waals surface area (Å²) in [4.78, 5) is 17.1. The minimum absolute atomic E-state index is 0.0849. The van der Waals surface area contributed by atoms with Crippen molar-refractivity contribution in [3.8, 4) is 11.5 Å². The summed E-state index contributed by atoms with van der Waals surface area (Å²) in [7, 11) is 3.80. The predicted octanol–water partition coefficient (Wildman–Crippen LogP) is 3.37. The minimum Gasteiger partial charge on any atom is -0.497 e. The highest BCUT2D eigenvalue weighted by atomic mass is 16.5. The van der Waals surface area contributed by atoms with E-state index in [1.807, 2.05) is 18.2 Å². The van der Waals surface area contributed by atoms with Gasteiger partial charge in [-0.3, -0.25) is 9.69 Å². The highest BCUT2D eigenvalue weighted by Crippen LogP contribution is 2.30. The highest BCUT2D eigenvalue weighted by Gasteiger charge is 2.23. The fraction of sp³-hybridized carbons (Fsp3) is 0.480. The number of fused-ring (bicyclic) bond motifs is 2. The number of hydrogen-bond donors (Lipinski definition) is 1. The smallest absolute Gasteiger partial charge is 0.221 e. The van der Waals surface area contributed by atoms with Gasteiger partial charge >= 0.3 is 0 Å². The molecule has 2 aromatic carbocycles. The van der Waals surface area contributed by atoms with Crippen molar-refractivity contribution >= 4 is 11.6 Å². The standard InChI is InChI=1S/C25H33N3O3/c1-4-21-17-28(16-20-14-22(30-3)6-8-24(20)31-21)12-10-25(29)26-15-18-5-7-23-19(13-18)9-11-27(23)2/h5-8,13-14,21H,4,9-12,15-17H2,1-3H3,(H,26,29). The monoisotopic (exact) mass is 423 g/mol. The maximum absolute atomic E-state index is 12.5. The van der Waals surface area contributed by atoms with Gasteiger partial charge in [-0.1, -0.05) is 19.1 Å². The van der Waals surface area contributed by atoms with Crippen molar-refractivity contribution in [2.45, 2.75) is 45.4 Å². The lowest BCUT2D eigenvalue weighted by Crippen LogP contribution is -2.35. The molecule has 1 atom stereocenters. The molecule has 0 fully saturated rings. The molecule has 2 heterocycles. The van der Waals surface area contributed by atoms with Crippen molar-refractivity contribution in [2.24, 2.45) is 0 Å². The number of ether oxygens (including phenoxy) is 2. The van der Waals surface area contributed by atoms with E-state index < -0.39 is 0 Å². The van der Waals surface area contributed by atoms with Crippen LogP contribution in [0.4, 0.5) is 5.69 Å². The van der Waals surface area contributed by atoms with E-state index in [0.717, 1.165) is 55.1 Å². The lowest BCUT2D eigenvalue weighted by Gasteiger charge is -2.22. The number of nitrogens with zero attached hydrogens (tertiary/aromatic N) is 2. The normalized spacial score (nSPS) is 18.0. The first-order valence-corrected chi connectivity index (χ1v) is 11.2. The molecule has 166 valence electrons. The number of rotatable bonds is 7. The van der Waals surface area contributed by atoms with Crippen molar-refractivity contribution in [2.75, 3.05) is 38.7 Å². The Bertz CT molecular complexity index is 930. The van der Waals surface area contributed by atoms with Crippen LogP contribution in [-0.4, -0.2) is 50.7 Å². The van der Waals surface area contributed by atoms with Gasteiger partial charge in [0.1, 0.15) is 17.6 Å². The van der Waals surface area contributed by atoms with Gasteiger partial charge in [-0.05, 0) is 48.2 Å². The molecule has 0 aromatic heterocycles. The Kier molecular flexibility index (Phi) is 6.66. The van der Waals surface area contributed by atoms with Crippen LogP contribution in [0.15, 0.2) is 36.4 Å². The molecular weight excluding hydrogens is 390 g/mol. The molecule has 1 amide bonds. The molecule has 0 radical (unpaired) electrons. The van der Waals surface area contributed by atoms with Crippen LogP contribution in [0.1, 0.15) is 36.5 Å². The van der Waals surface area contributed by atoms with Crippen LogP contribution in [0, 0.1) is 0 Å². The van der Waals surface area contributed by atoms with E-state index in [9.17, 15) is 4.79 Å². The third-order valence-corrected chi connectivity index (χ3v) is 6.29. The summed E-state index contributed by atoms with van der Waals surface area (Å²) in [6, 6.07) is 12.5. The third-order valence-electron chi connectivity index (χ3n) is 6.29. The Balaban J connectivity index is 1.32. The van der Waals surface area contributed by atoms with Gasteiger partial charge < -0.3 is 19.7 Å². The molecule has 0 saturated heterocycles. The van der Waals surface area contributed by atoms with Gasteiger partial charge in [-0.15, -0.1) is 0 Å². The predicted molar refractivity (Wildman–Crippen MR) is 123 cm³/mol. The summed E-state index contributed by atoms with van der Waals surface area (Å²) in [6.07, 6.45) is 2.61. The number of carbonyl (C=O) groups is 1. The van der Waals surface area contributed by atoms with E-state index in [1.54, 1.807) is 7.11 Å². The van der Waals surface area contributed by atoms with Crippen molar-refractivity contribution in [3.05, 3.63) is 53.1 Å². The molecule has 1 unspecified atom stereocenters. The van der Waals surface area contributed by atoms with Crippen LogP contribution < -0.4 is 19.7 Å². The zero-order chi connectivity index (χ0) is 21.8. The molecule has 4 rings (SSSR count). The molecule has 2 aliphatic heterocycles. The van der Waals surface area contributed by atoms with Gasteiger partial charge in [0, 0.05) is 57.4 Å². The zero-order valence-corrected chi connectivity index (χ0v) is 18.8. The minimum atomic E-state index is 0.0849. The first-order valence-electron chi connectivity index (χ1n) is 11.2. The van der Waals surface area contributed by atoms with Crippen molar-refractivity contribution < 1.29 is 14.3 Å². The van der Waals surface area contributed by atoms with Crippen molar-refractivity contribution in [1.82, 2.24) is 10.2 Å². The number of benzene rings is 2. The molecule has 0 bridgehead atoms. The molecule has 31 heavy (non-hydrogen) atoms. The number of likely N-dealkylation sites (N-methyl/N-ethyl adjacent to an activating group) is 1. The maximum Gasteiger partial charge on any atom is 0.221 e. The lowest BCUT2D eigenvalue weighted by atomic mass is 10.1. The summed E-state index contributed by atoms with van der Waals surface area (Å²) in [5, 5.41) is 3.09. The molecule has 1 N–H and O–H groups in total. The quantitative estimate of drug-likeness (QED) is 0.740. The molecular formula is C25H33N3O3. The number of carbonyl (C=O) groups excluding carboxylic acids is 1. The Morgan fingerprint density at radius 3 is 2.90 bits per heavy atom. The van der Waals surface area contributed by atoms with E-state index in [2.05, 4.69) is 47.3 Å². The zero-order valence-electron chi connectivity index (χ0n) is 18.8. The van der Waals surface area contributed by atoms with Crippen LogP contribution in [-0.2, 0) is 24.3 Å². The van der Waals surface area contributed by atoms with E-state index in [4.69, 9.17) is 9.47 Å².